The number of nitrogens with one attached hydrogen (secondary N) is 1. The highest BCUT2D eigenvalue weighted by Crippen LogP contribution is 2.38. The Bertz CT molecular complexity index is 1390. The molecule has 0 fully saturated rings. The molecule has 1 atom stereocenters. The molecule has 0 aliphatic carbocycles. The van der Waals surface area contributed by atoms with Gasteiger partial charge in [-0.2, -0.15) is 0 Å². The highest BCUT2D eigenvalue weighted by molar-refractivity contribution is 5.80. The van der Waals surface area contributed by atoms with Crippen LogP contribution in [0.2, 0.25) is 0 Å². The standard InChI is InChI=1S/C28H32N8O/c1-4-5-15-28(16-14-23(34(2)3)20-36(28)37)27-29-17-18-35(27)19-21-10-12-22(13-11-21)24-8-6-7-9-25(24)26-30-32-33-31-26/h6-14,16-18,20,37H,4-5,15,19H2,1-3H3,(H,30,31,32,33). The van der Waals surface area contributed by atoms with Gasteiger partial charge in [-0.3, -0.25) is 5.21 Å². The lowest BCUT2D eigenvalue weighted by Gasteiger charge is -2.40. The molecular formula is C28H32N8O. The largest absolute Gasteiger partial charge is 0.376 e. The van der Waals surface area contributed by atoms with Crippen LogP contribution >= 0.6 is 0 Å². The van der Waals surface area contributed by atoms with Crippen LogP contribution in [0.1, 0.15) is 37.6 Å². The van der Waals surface area contributed by atoms with Crippen molar-refractivity contribution in [3.8, 4) is 22.5 Å². The van der Waals surface area contributed by atoms with Gasteiger partial charge in [-0.15, -0.1) is 5.10 Å². The summed E-state index contributed by atoms with van der Waals surface area (Å²) < 4.78 is 2.13. The number of H-pyrrole nitrogens is 1. The summed E-state index contributed by atoms with van der Waals surface area (Å²) in [5.41, 5.74) is 4.45. The third-order valence-corrected chi connectivity index (χ3v) is 6.87. The van der Waals surface area contributed by atoms with Gasteiger partial charge in [0, 0.05) is 38.6 Å². The SMILES string of the molecule is CCCCC1(c2nccn2Cc2ccc(-c3ccccc3-c3nnn[nH]3)cc2)C=CC(N(C)C)=CN1O. The number of hydroxylamine groups is 2. The summed E-state index contributed by atoms with van der Waals surface area (Å²) in [5.74, 6) is 1.46. The fourth-order valence-corrected chi connectivity index (χ4v) is 4.80. The van der Waals surface area contributed by atoms with E-state index < -0.39 is 5.54 Å². The lowest BCUT2D eigenvalue weighted by molar-refractivity contribution is -0.126. The van der Waals surface area contributed by atoms with Crippen molar-refractivity contribution < 1.29 is 5.21 Å². The minimum atomic E-state index is -0.719. The van der Waals surface area contributed by atoms with Gasteiger partial charge in [-0.1, -0.05) is 68.3 Å². The van der Waals surface area contributed by atoms with Crippen LogP contribution in [0.3, 0.4) is 0 Å². The number of nitrogens with zero attached hydrogens (tertiary/aromatic N) is 7. The number of imidazole rings is 1. The fourth-order valence-electron chi connectivity index (χ4n) is 4.80. The molecule has 0 radical (unpaired) electrons. The Morgan fingerprint density at radius 2 is 1.84 bits per heavy atom. The van der Waals surface area contributed by atoms with Crippen LogP contribution in [-0.4, -0.2) is 59.4 Å². The summed E-state index contributed by atoms with van der Waals surface area (Å²) in [6, 6.07) is 16.6. The van der Waals surface area contributed by atoms with Gasteiger partial charge < -0.3 is 9.47 Å². The molecule has 1 aliphatic heterocycles. The molecule has 5 rings (SSSR count). The summed E-state index contributed by atoms with van der Waals surface area (Å²) in [5, 5.41) is 26.9. The van der Waals surface area contributed by atoms with Crippen molar-refractivity contribution in [3.05, 3.63) is 96.4 Å². The predicted molar refractivity (Wildman–Crippen MR) is 142 cm³/mol. The van der Waals surface area contributed by atoms with E-state index in [0.717, 1.165) is 53.0 Å². The van der Waals surface area contributed by atoms with Gasteiger partial charge in [0.1, 0.15) is 11.4 Å². The number of aromatic amines is 1. The summed E-state index contributed by atoms with van der Waals surface area (Å²) >= 11 is 0. The maximum Gasteiger partial charge on any atom is 0.180 e. The van der Waals surface area contributed by atoms with Crippen molar-refractivity contribution in [1.29, 1.82) is 0 Å². The average molecular weight is 497 g/mol. The quantitative estimate of drug-likeness (QED) is 0.342. The summed E-state index contributed by atoms with van der Waals surface area (Å²) in [7, 11) is 3.93. The number of tetrazole rings is 1. The van der Waals surface area contributed by atoms with Crippen LogP contribution < -0.4 is 0 Å². The predicted octanol–water partition coefficient (Wildman–Crippen LogP) is 4.83. The van der Waals surface area contributed by atoms with Crippen LogP contribution in [0.5, 0.6) is 0 Å². The van der Waals surface area contributed by atoms with E-state index in [1.54, 1.807) is 6.20 Å². The monoisotopic (exact) mass is 496 g/mol. The van der Waals surface area contributed by atoms with Crippen molar-refractivity contribution >= 4 is 0 Å². The Labute approximate surface area is 216 Å². The van der Waals surface area contributed by atoms with Crippen LogP contribution in [0.25, 0.3) is 22.5 Å². The molecular weight excluding hydrogens is 464 g/mol. The minimum absolute atomic E-state index is 0.640. The summed E-state index contributed by atoms with van der Waals surface area (Å²) in [6.45, 7) is 2.80. The zero-order valence-electron chi connectivity index (χ0n) is 21.4. The number of hydrogen-bond donors (Lipinski definition) is 2. The van der Waals surface area contributed by atoms with E-state index in [1.165, 1.54) is 5.06 Å². The summed E-state index contributed by atoms with van der Waals surface area (Å²) in [6.07, 6.45) is 12.5. The van der Waals surface area contributed by atoms with Crippen molar-refractivity contribution in [1.82, 2.24) is 40.1 Å². The molecule has 3 heterocycles. The third-order valence-electron chi connectivity index (χ3n) is 6.87. The molecule has 9 heteroatoms. The van der Waals surface area contributed by atoms with Crippen molar-refractivity contribution in [2.75, 3.05) is 14.1 Å². The molecule has 1 aliphatic rings. The first-order valence-corrected chi connectivity index (χ1v) is 12.5. The fraction of sp³-hybridized carbons (Fsp3) is 0.286. The Balaban J connectivity index is 1.43. The molecule has 9 nitrogen and oxygen atoms in total. The number of hydrogen-bond acceptors (Lipinski definition) is 7. The number of benzene rings is 2. The molecule has 0 saturated heterocycles. The van der Waals surface area contributed by atoms with Gasteiger partial charge in [-0.05, 0) is 45.7 Å². The van der Waals surface area contributed by atoms with Gasteiger partial charge in [0.15, 0.2) is 5.82 Å². The van der Waals surface area contributed by atoms with Crippen molar-refractivity contribution in [3.63, 3.8) is 0 Å². The van der Waals surface area contributed by atoms with E-state index in [4.69, 9.17) is 4.98 Å². The van der Waals surface area contributed by atoms with Crippen molar-refractivity contribution in [2.24, 2.45) is 0 Å². The topological polar surface area (TPSA) is 99.0 Å². The van der Waals surface area contributed by atoms with Gasteiger partial charge in [0.2, 0.25) is 0 Å². The Kier molecular flexibility index (Phi) is 6.87. The molecule has 1 unspecified atom stereocenters. The highest BCUT2D eigenvalue weighted by Gasteiger charge is 2.40. The molecule has 0 bridgehead atoms. The van der Waals surface area contributed by atoms with Crippen LogP contribution in [0, 0.1) is 0 Å². The first-order valence-electron chi connectivity index (χ1n) is 12.5. The molecule has 190 valence electrons. The Hall–Kier alpha value is -4.24. The van der Waals surface area contributed by atoms with Gasteiger partial charge in [0.25, 0.3) is 0 Å². The first-order chi connectivity index (χ1) is 18.0. The Morgan fingerprint density at radius 3 is 2.51 bits per heavy atom. The van der Waals surface area contributed by atoms with E-state index in [-0.39, 0.29) is 0 Å². The number of likely N-dealkylation sites (N-methyl/N-ethyl adjacent to an activating group) is 1. The maximum absolute atomic E-state index is 11.2. The second-order valence-electron chi connectivity index (χ2n) is 9.53. The molecule has 2 aromatic heterocycles. The average Bonchev–Trinajstić information content (AvgIpc) is 3.62. The normalized spacial score (nSPS) is 17.2. The van der Waals surface area contributed by atoms with Gasteiger partial charge in [-0.25, -0.2) is 15.1 Å². The minimum Gasteiger partial charge on any atom is -0.376 e. The van der Waals surface area contributed by atoms with Crippen LogP contribution in [0.15, 0.2) is 85.0 Å². The van der Waals surface area contributed by atoms with E-state index in [2.05, 4.69) is 74.6 Å². The third kappa shape index (κ3) is 4.77. The number of aromatic nitrogens is 6. The number of unbranched alkanes of at least 4 members (excludes halogenated alkanes) is 1. The molecule has 0 amide bonds. The van der Waals surface area contributed by atoms with Gasteiger partial charge >= 0.3 is 0 Å². The van der Waals surface area contributed by atoms with Crippen molar-refractivity contribution in [2.45, 2.75) is 38.3 Å². The Morgan fingerprint density at radius 1 is 1.05 bits per heavy atom. The second-order valence-corrected chi connectivity index (χ2v) is 9.53. The lowest BCUT2D eigenvalue weighted by Crippen LogP contribution is -2.44. The molecule has 2 N–H and O–H groups in total. The first kappa shape index (κ1) is 24.5. The smallest absolute Gasteiger partial charge is 0.180 e. The second kappa shape index (κ2) is 10.4. The molecule has 4 aromatic rings. The van der Waals surface area contributed by atoms with E-state index >= 15 is 0 Å². The summed E-state index contributed by atoms with van der Waals surface area (Å²) in [4.78, 5) is 6.71. The van der Waals surface area contributed by atoms with Crippen LogP contribution in [-0.2, 0) is 12.1 Å². The van der Waals surface area contributed by atoms with Gasteiger partial charge in [0.05, 0.1) is 11.9 Å². The lowest BCUT2D eigenvalue weighted by atomic mass is 9.88. The molecule has 0 saturated carbocycles. The maximum atomic E-state index is 11.2. The zero-order chi connectivity index (χ0) is 25.8. The van der Waals surface area contributed by atoms with E-state index in [0.29, 0.717) is 12.4 Å². The van der Waals surface area contributed by atoms with Crippen LogP contribution in [0.4, 0.5) is 0 Å². The number of rotatable bonds is 9. The van der Waals surface area contributed by atoms with E-state index in [9.17, 15) is 5.21 Å². The molecule has 2 aromatic carbocycles. The zero-order valence-corrected chi connectivity index (χ0v) is 21.4. The number of allylic oxidation sites excluding steroid dienone is 1. The molecule has 37 heavy (non-hydrogen) atoms. The van der Waals surface area contributed by atoms with E-state index in [1.807, 2.05) is 49.6 Å². The molecule has 0 spiro atoms. The highest BCUT2D eigenvalue weighted by atomic mass is 16.5.